The second-order valence-corrected chi connectivity index (χ2v) is 6.42. The van der Waals surface area contributed by atoms with Gasteiger partial charge in [0.1, 0.15) is 6.07 Å². The lowest BCUT2D eigenvalue weighted by Crippen LogP contribution is -2.26. The summed E-state index contributed by atoms with van der Waals surface area (Å²) in [6, 6.07) is 4.48. The van der Waals surface area contributed by atoms with E-state index < -0.39 is 11.7 Å². The van der Waals surface area contributed by atoms with Crippen molar-refractivity contribution in [2.45, 2.75) is 19.5 Å². The molecule has 0 bridgehead atoms. The molecule has 1 amide bonds. The number of halogens is 3. The van der Waals surface area contributed by atoms with Crippen molar-refractivity contribution in [1.29, 1.82) is 5.26 Å². The average molecular weight is 342 g/mol. The molecule has 1 heterocycles. The monoisotopic (exact) mass is 342 g/mol. The van der Waals surface area contributed by atoms with Crippen LogP contribution in [0, 0.1) is 17.2 Å². The van der Waals surface area contributed by atoms with Gasteiger partial charge in [-0.1, -0.05) is 11.8 Å². The maximum absolute atomic E-state index is 12.7. The lowest BCUT2D eigenvalue weighted by atomic mass is 10.1. The van der Waals surface area contributed by atoms with Crippen LogP contribution in [0.3, 0.4) is 0 Å². The fraction of sp³-hybridized carbons (Fsp3) is 0.400. The number of rotatable bonds is 3. The summed E-state index contributed by atoms with van der Waals surface area (Å²) in [4.78, 5) is 24.4. The maximum Gasteiger partial charge on any atom is 0.416 e. The molecule has 1 aliphatic heterocycles. The first-order valence-corrected chi connectivity index (χ1v) is 7.76. The van der Waals surface area contributed by atoms with Gasteiger partial charge in [0, 0.05) is 25.6 Å². The van der Waals surface area contributed by atoms with E-state index in [-0.39, 0.29) is 34.6 Å². The minimum Gasteiger partial charge on any atom is -0.311 e. The Morgan fingerprint density at radius 2 is 2.17 bits per heavy atom. The van der Waals surface area contributed by atoms with E-state index in [0.717, 1.165) is 30.0 Å². The zero-order chi connectivity index (χ0) is 17.2. The number of hydrogen-bond donors (Lipinski definition) is 0. The van der Waals surface area contributed by atoms with Gasteiger partial charge in [-0.25, -0.2) is 0 Å². The topological polar surface area (TPSA) is 61.2 Å². The number of anilines is 1. The van der Waals surface area contributed by atoms with Gasteiger partial charge in [0.15, 0.2) is 5.12 Å². The lowest BCUT2D eigenvalue weighted by Gasteiger charge is -2.19. The number of hydrogen-bond acceptors (Lipinski definition) is 4. The summed E-state index contributed by atoms with van der Waals surface area (Å²) in [6.07, 6.45) is -4.33. The maximum atomic E-state index is 12.7. The summed E-state index contributed by atoms with van der Waals surface area (Å²) in [5.74, 6) is 0.153. The van der Waals surface area contributed by atoms with Crippen molar-refractivity contribution >= 4 is 28.5 Å². The van der Waals surface area contributed by atoms with Crippen LogP contribution in [0.4, 0.5) is 18.9 Å². The largest absolute Gasteiger partial charge is 0.416 e. The molecule has 1 saturated heterocycles. The molecule has 1 aromatic rings. The number of amides is 1. The first kappa shape index (κ1) is 17.3. The van der Waals surface area contributed by atoms with E-state index in [1.807, 2.05) is 0 Å². The Hall–Kier alpha value is -2.01. The number of carbonyl (C=O) groups is 2. The normalized spacial score (nSPS) is 18.1. The Kier molecular flexibility index (Phi) is 5.00. The number of carbonyl (C=O) groups excluding carboxylic acids is 2. The minimum atomic E-state index is -4.54. The number of alkyl halides is 3. The molecule has 23 heavy (non-hydrogen) atoms. The van der Waals surface area contributed by atoms with E-state index in [1.165, 1.54) is 11.8 Å². The average Bonchev–Trinajstić information content (AvgIpc) is 2.84. The van der Waals surface area contributed by atoms with E-state index in [1.54, 1.807) is 6.07 Å². The van der Waals surface area contributed by atoms with Crippen molar-refractivity contribution in [3.8, 4) is 6.07 Å². The van der Waals surface area contributed by atoms with E-state index in [0.29, 0.717) is 12.3 Å². The zero-order valence-corrected chi connectivity index (χ0v) is 13.0. The molecule has 4 nitrogen and oxygen atoms in total. The predicted molar refractivity (Wildman–Crippen MR) is 79.8 cm³/mol. The van der Waals surface area contributed by atoms with Crippen molar-refractivity contribution < 1.29 is 22.8 Å². The van der Waals surface area contributed by atoms with Crippen molar-refractivity contribution in [1.82, 2.24) is 0 Å². The van der Waals surface area contributed by atoms with Gasteiger partial charge < -0.3 is 4.90 Å². The van der Waals surface area contributed by atoms with Gasteiger partial charge in [-0.2, -0.15) is 18.4 Å². The molecule has 0 aliphatic carbocycles. The van der Waals surface area contributed by atoms with Gasteiger partial charge in [-0.3, -0.25) is 9.59 Å². The Labute approximate surface area is 135 Å². The predicted octanol–water partition coefficient (Wildman–Crippen LogP) is 3.21. The van der Waals surface area contributed by atoms with Gasteiger partial charge in [0.2, 0.25) is 5.91 Å². The highest BCUT2D eigenvalue weighted by atomic mass is 32.2. The van der Waals surface area contributed by atoms with Crippen LogP contribution >= 0.6 is 11.8 Å². The second kappa shape index (κ2) is 6.62. The first-order valence-electron chi connectivity index (χ1n) is 6.77. The number of nitriles is 1. The molecule has 0 N–H and O–H groups in total. The number of nitrogens with zero attached hydrogens (tertiary/aromatic N) is 2. The van der Waals surface area contributed by atoms with Gasteiger partial charge in [-0.05, 0) is 24.1 Å². The molecule has 0 aromatic heterocycles. The summed E-state index contributed by atoms with van der Waals surface area (Å²) in [7, 11) is 0. The standard InChI is InChI=1S/C15H13F3N2O2S/c1-9(21)23-8-10-4-14(22)20(7-10)13-3-2-12(15(16,17)18)5-11(13)6-19/h2-3,5,10H,4,7-8H2,1H3. The Morgan fingerprint density at radius 1 is 1.48 bits per heavy atom. The molecule has 1 aliphatic rings. The Morgan fingerprint density at radius 3 is 2.74 bits per heavy atom. The van der Waals surface area contributed by atoms with Crippen LogP contribution < -0.4 is 4.90 Å². The number of thioether (sulfide) groups is 1. The highest BCUT2D eigenvalue weighted by molar-refractivity contribution is 8.13. The van der Waals surface area contributed by atoms with Gasteiger partial charge in [0.25, 0.3) is 0 Å². The lowest BCUT2D eigenvalue weighted by molar-refractivity contribution is -0.137. The van der Waals surface area contributed by atoms with E-state index in [9.17, 15) is 22.8 Å². The highest BCUT2D eigenvalue weighted by Gasteiger charge is 2.35. The molecule has 0 saturated carbocycles. The molecule has 1 unspecified atom stereocenters. The van der Waals surface area contributed by atoms with Crippen LogP contribution in [0.5, 0.6) is 0 Å². The minimum absolute atomic E-state index is 0.0526. The molecule has 1 aromatic carbocycles. The van der Waals surface area contributed by atoms with Crippen molar-refractivity contribution in [2.75, 3.05) is 17.2 Å². The third kappa shape index (κ3) is 4.05. The van der Waals surface area contributed by atoms with E-state index in [2.05, 4.69) is 0 Å². The molecular weight excluding hydrogens is 329 g/mol. The summed E-state index contributed by atoms with van der Waals surface area (Å²) in [5.41, 5.74) is -0.929. The SMILES string of the molecule is CC(=O)SCC1CC(=O)N(c2ccc(C(F)(F)F)cc2C#N)C1. The summed E-state index contributed by atoms with van der Waals surface area (Å²) >= 11 is 1.11. The molecule has 1 atom stereocenters. The summed E-state index contributed by atoms with van der Waals surface area (Å²) in [6.45, 7) is 1.72. The molecule has 1 fully saturated rings. The van der Waals surface area contributed by atoms with Gasteiger partial charge in [-0.15, -0.1) is 0 Å². The Bertz CT molecular complexity index is 682. The highest BCUT2D eigenvalue weighted by Crippen LogP contribution is 2.35. The van der Waals surface area contributed by atoms with Crippen LogP contribution in [0.25, 0.3) is 0 Å². The Balaban J connectivity index is 2.23. The van der Waals surface area contributed by atoms with Gasteiger partial charge in [0.05, 0.1) is 16.8 Å². The molecule has 122 valence electrons. The molecule has 8 heteroatoms. The smallest absolute Gasteiger partial charge is 0.311 e. The quantitative estimate of drug-likeness (QED) is 0.846. The third-order valence-electron chi connectivity index (χ3n) is 3.46. The molecule has 2 rings (SSSR count). The molecule has 0 radical (unpaired) electrons. The first-order chi connectivity index (χ1) is 10.7. The summed E-state index contributed by atoms with van der Waals surface area (Å²) < 4.78 is 38.1. The van der Waals surface area contributed by atoms with Crippen LogP contribution in [-0.2, 0) is 15.8 Å². The van der Waals surface area contributed by atoms with E-state index >= 15 is 0 Å². The van der Waals surface area contributed by atoms with Crippen molar-refractivity contribution in [2.24, 2.45) is 5.92 Å². The van der Waals surface area contributed by atoms with Crippen LogP contribution in [0.15, 0.2) is 18.2 Å². The fourth-order valence-electron chi connectivity index (χ4n) is 2.40. The van der Waals surface area contributed by atoms with Crippen molar-refractivity contribution in [3.63, 3.8) is 0 Å². The van der Waals surface area contributed by atoms with Gasteiger partial charge >= 0.3 is 6.18 Å². The molecular formula is C15H13F3N2O2S. The van der Waals surface area contributed by atoms with E-state index in [4.69, 9.17) is 5.26 Å². The fourth-order valence-corrected chi connectivity index (χ4v) is 3.09. The zero-order valence-electron chi connectivity index (χ0n) is 12.2. The third-order valence-corrected chi connectivity index (χ3v) is 4.51. The van der Waals surface area contributed by atoms with Crippen LogP contribution in [0.2, 0.25) is 0 Å². The molecule has 0 spiro atoms. The second-order valence-electron chi connectivity index (χ2n) is 5.22. The number of benzene rings is 1. The van der Waals surface area contributed by atoms with Crippen molar-refractivity contribution in [3.05, 3.63) is 29.3 Å². The summed E-state index contributed by atoms with van der Waals surface area (Å²) in [5, 5.41) is 9.04. The van der Waals surface area contributed by atoms with Crippen LogP contribution in [-0.4, -0.2) is 23.3 Å². The van der Waals surface area contributed by atoms with Crippen LogP contribution in [0.1, 0.15) is 24.5 Å².